The van der Waals surface area contributed by atoms with Gasteiger partial charge in [0.05, 0.1) is 0 Å². The number of hydrogen-bond donors (Lipinski definition) is 1. The zero-order chi connectivity index (χ0) is 13.0. The van der Waals surface area contributed by atoms with E-state index in [-0.39, 0.29) is 5.56 Å². The first kappa shape index (κ1) is 12.4. The summed E-state index contributed by atoms with van der Waals surface area (Å²) in [5, 5.41) is 3.09. The van der Waals surface area contributed by atoms with Crippen molar-refractivity contribution in [1.29, 1.82) is 0 Å². The predicted molar refractivity (Wildman–Crippen MR) is 66.6 cm³/mol. The fourth-order valence-corrected chi connectivity index (χ4v) is 1.63. The molecular formula is C13H13F2N3. The van der Waals surface area contributed by atoms with Crippen LogP contribution in [0, 0.1) is 0 Å². The first-order valence-electron chi connectivity index (χ1n) is 5.65. The van der Waals surface area contributed by atoms with Crippen molar-refractivity contribution in [2.45, 2.75) is 13.3 Å². The van der Waals surface area contributed by atoms with Gasteiger partial charge < -0.3 is 5.32 Å². The third-order valence-electron chi connectivity index (χ3n) is 2.48. The maximum Gasteiger partial charge on any atom is 0.263 e. The molecule has 0 aliphatic rings. The highest BCUT2D eigenvalue weighted by Crippen LogP contribution is 2.26. The third-order valence-corrected chi connectivity index (χ3v) is 2.48. The Morgan fingerprint density at radius 3 is 2.39 bits per heavy atom. The molecule has 18 heavy (non-hydrogen) atoms. The minimum Gasteiger partial charge on any atom is -0.369 e. The zero-order valence-electron chi connectivity index (χ0n) is 9.90. The molecule has 0 bridgehead atoms. The van der Waals surface area contributed by atoms with Crippen LogP contribution in [-0.4, -0.2) is 16.5 Å². The van der Waals surface area contributed by atoms with E-state index in [0.717, 1.165) is 12.1 Å². The van der Waals surface area contributed by atoms with Gasteiger partial charge in [-0.2, -0.15) is 0 Å². The Bertz CT molecular complexity index is 512. The Hall–Kier alpha value is -2.04. The van der Waals surface area contributed by atoms with Gasteiger partial charge in [0.1, 0.15) is 5.69 Å². The van der Waals surface area contributed by atoms with Gasteiger partial charge >= 0.3 is 0 Å². The summed E-state index contributed by atoms with van der Waals surface area (Å²) in [6.45, 7) is 2.68. The standard InChI is InChI=1S/C13H13F2N3/c1-2-16-13-11(17-7-8-18-13)9-3-5-10(6-4-9)12(14)15/h3-8,12H,2H2,1H3,(H,16,18). The second-order valence-corrected chi connectivity index (χ2v) is 3.71. The van der Waals surface area contributed by atoms with Crippen LogP contribution in [0.2, 0.25) is 0 Å². The topological polar surface area (TPSA) is 37.8 Å². The molecule has 94 valence electrons. The van der Waals surface area contributed by atoms with Crippen LogP contribution in [0.5, 0.6) is 0 Å². The van der Waals surface area contributed by atoms with E-state index >= 15 is 0 Å². The number of hydrogen-bond acceptors (Lipinski definition) is 3. The van der Waals surface area contributed by atoms with Crippen LogP contribution in [0.4, 0.5) is 14.6 Å². The lowest BCUT2D eigenvalue weighted by molar-refractivity contribution is 0.151. The van der Waals surface area contributed by atoms with Crippen LogP contribution in [0.1, 0.15) is 18.9 Å². The third kappa shape index (κ3) is 2.61. The van der Waals surface area contributed by atoms with Crippen LogP contribution in [0.15, 0.2) is 36.7 Å². The number of nitrogens with zero attached hydrogens (tertiary/aromatic N) is 2. The fourth-order valence-electron chi connectivity index (χ4n) is 1.63. The Kier molecular flexibility index (Phi) is 3.82. The van der Waals surface area contributed by atoms with Crippen molar-refractivity contribution in [3.63, 3.8) is 0 Å². The molecule has 1 N–H and O–H groups in total. The van der Waals surface area contributed by atoms with E-state index < -0.39 is 6.43 Å². The predicted octanol–water partition coefficient (Wildman–Crippen LogP) is 3.51. The lowest BCUT2D eigenvalue weighted by Gasteiger charge is -2.08. The summed E-state index contributed by atoms with van der Waals surface area (Å²) in [7, 11) is 0. The lowest BCUT2D eigenvalue weighted by atomic mass is 10.1. The summed E-state index contributed by atoms with van der Waals surface area (Å²) >= 11 is 0. The van der Waals surface area contributed by atoms with E-state index in [4.69, 9.17) is 0 Å². The second kappa shape index (κ2) is 5.53. The highest BCUT2D eigenvalue weighted by Gasteiger charge is 2.09. The number of benzene rings is 1. The minimum atomic E-state index is -2.45. The molecule has 3 nitrogen and oxygen atoms in total. The maximum atomic E-state index is 12.5. The number of rotatable bonds is 4. The van der Waals surface area contributed by atoms with Crippen LogP contribution >= 0.6 is 0 Å². The zero-order valence-corrected chi connectivity index (χ0v) is 9.90. The van der Waals surface area contributed by atoms with Crippen molar-refractivity contribution in [3.05, 3.63) is 42.2 Å². The normalized spacial score (nSPS) is 10.7. The number of aromatic nitrogens is 2. The van der Waals surface area contributed by atoms with Crippen LogP contribution in [0.3, 0.4) is 0 Å². The number of halogens is 2. The van der Waals surface area contributed by atoms with E-state index in [2.05, 4.69) is 15.3 Å². The molecule has 0 spiro atoms. The smallest absolute Gasteiger partial charge is 0.263 e. The van der Waals surface area contributed by atoms with Gasteiger partial charge in [0.25, 0.3) is 6.43 Å². The molecule has 0 saturated carbocycles. The number of anilines is 1. The molecule has 0 radical (unpaired) electrons. The summed E-state index contributed by atoms with van der Waals surface area (Å²) in [5.74, 6) is 0.657. The Morgan fingerprint density at radius 2 is 1.78 bits per heavy atom. The molecule has 1 aromatic heterocycles. The van der Waals surface area contributed by atoms with Crippen molar-refractivity contribution in [2.24, 2.45) is 0 Å². The molecule has 0 aliphatic heterocycles. The average molecular weight is 249 g/mol. The molecule has 0 amide bonds. The van der Waals surface area contributed by atoms with Gasteiger partial charge in [-0.15, -0.1) is 0 Å². The van der Waals surface area contributed by atoms with Crippen molar-refractivity contribution in [2.75, 3.05) is 11.9 Å². The molecule has 2 rings (SSSR count). The van der Waals surface area contributed by atoms with Crippen molar-refractivity contribution >= 4 is 5.82 Å². The van der Waals surface area contributed by atoms with Crippen molar-refractivity contribution in [3.8, 4) is 11.3 Å². The molecular weight excluding hydrogens is 236 g/mol. The van der Waals surface area contributed by atoms with Gasteiger partial charge in [0.15, 0.2) is 5.82 Å². The second-order valence-electron chi connectivity index (χ2n) is 3.71. The highest BCUT2D eigenvalue weighted by molar-refractivity contribution is 5.71. The number of alkyl halides is 2. The van der Waals surface area contributed by atoms with Gasteiger partial charge in [0, 0.05) is 30.1 Å². The monoisotopic (exact) mass is 249 g/mol. The van der Waals surface area contributed by atoms with Crippen molar-refractivity contribution < 1.29 is 8.78 Å². The summed E-state index contributed by atoms with van der Waals surface area (Å²) in [4.78, 5) is 8.41. The fraction of sp³-hybridized carbons (Fsp3) is 0.231. The first-order valence-corrected chi connectivity index (χ1v) is 5.65. The van der Waals surface area contributed by atoms with Gasteiger partial charge in [-0.25, -0.2) is 13.8 Å². The minimum absolute atomic E-state index is 0.00708. The van der Waals surface area contributed by atoms with E-state index in [1.165, 1.54) is 12.1 Å². The van der Waals surface area contributed by atoms with E-state index in [0.29, 0.717) is 11.5 Å². The van der Waals surface area contributed by atoms with E-state index in [9.17, 15) is 8.78 Å². The molecule has 2 aromatic rings. The Labute approximate surface area is 104 Å². The molecule has 1 aromatic carbocycles. The molecule has 1 heterocycles. The van der Waals surface area contributed by atoms with Crippen LogP contribution in [-0.2, 0) is 0 Å². The largest absolute Gasteiger partial charge is 0.369 e. The SMILES string of the molecule is CCNc1nccnc1-c1ccc(C(F)F)cc1. The highest BCUT2D eigenvalue weighted by atomic mass is 19.3. The molecule has 0 fully saturated rings. The maximum absolute atomic E-state index is 12.5. The average Bonchev–Trinajstić information content (AvgIpc) is 2.40. The van der Waals surface area contributed by atoms with E-state index in [1.807, 2.05) is 6.92 Å². The van der Waals surface area contributed by atoms with E-state index in [1.54, 1.807) is 24.5 Å². The number of nitrogens with one attached hydrogen (secondary N) is 1. The first-order chi connectivity index (χ1) is 8.72. The summed E-state index contributed by atoms with van der Waals surface area (Å²) in [5.41, 5.74) is 1.44. The molecule has 5 heteroatoms. The Balaban J connectivity index is 2.36. The van der Waals surface area contributed by atoms with Gasteiger partial charge in [-0.1, -0.05) is 24.3 Å². The van der Waals surface area contributed by atoms with Crippen LogP contribution < -0.4 is 5.32 Å². The van der Waals surface area contributed by atoms with Gasteiger partial charge in [-0.3, -0.25) is 4.98 Å². The summed E-state index contributed by atoms with van der Waals surface area (Å²) in [6.07, 6.45) is 0.723. The van der Waals surface area contributed by atoms with Gasteiger partial charge in [0.2, 0.25) is 0 Å². The molecule has 0 saturated heterocycles. The summed E-state index contributed by atoms with van der Waals surface area (Å²) in [6, 6.07) is 6.08. The summed E-state index contributed by atoms with van der Waals surface area (Å²) < 4.78 is 24.9. The van der Waals surface area contributed by atoms with Gasteiger partial charge in [-0.05, 0) is 6.92 Å². The van der Waals surface area contributed by atoms with Crippen LogP contribution in [0.25, 0.3) is 11.3 Å². The quantitative estimate of drug-likeness (QED) is 0.901. The Morgan fingerprint density at radius 1 is 1.11 bits per heavy atom. The lowest BCUT2D eigenvalue weighted by Crippen LogP contribution is -2.02. The molecule has 0 atom stereocenters. The molecule has 0 unspecified atom stereocenters. The molecule has 0 aliphatic carbocycles. The van der Waals surface area contributed by atoms with Crippen molar-refractivity contribution in [1.82, 2.24) is 9.97 Å².